The lowest BCUT2D eigenvalue weighted by Gasteiger charge is -2.31. The Balaban J connectivity index is 1.25. The van der Waals surface area contributed by atoms with Crippen molar-refractivity contribution >= 4 is 27.5 Å². The second kappa shape index (κ2) is 11.6. The lowest BCUT2D eigenvalue weighted by atomic mass is 9.97. The van der Waals surface area contributed by atoms with Crippen molar-refractivity contribution in [2.75, 3.05) is 18.4 Å². The summed E-state index contributed by atoms with van der Waals surface area (Å²) in [4.78, 5) is 25.7. The van der Waals surface area contributed by atoms with Gasteiger partial charge in [-0.3, -0.25) is 9.59 Å². The molecule has 1 fully saturated rings. The zero-order valence-electron chi connectivity index (χ0n) is 20.9. The van der Waals surface area contributed by atoms with E-state index in [1.54, 1.807) is 55.5 Å². The zero-order chi connectivity index (χ0) is 26.4. The molecule has 0 unspecified atom stereocenters. The van der Waals surface area contributed by atoms with E-state index in [4.69, 9.17) is 4.74 Å². The van der Waals surface area contributed by atoms with Crippen LogP contribution in [0.3, 0.4) is 0 Å². The van der Waals surface area contributed by atoms with Gasteiger partial charge in [0, 0.05) is 24.7 Å². The van der Waals surface area contributed by atoms with E-state index in [9.17, 15) is 18.0 Å². The molecule has 0 aromatic heterocycles. The molecule has 1 heterocycles. The molecule has 0 spiro atoms. The average Bonchev–Trinajstić information content (AvgIpc) is 2.90. The lowest BCUT2D eigenvalue weighted by molar-refractivity contribution is -0.129. The van der Waals surface area contributed by atoms with E-state index in [1.165, 1.54) is 4.31 Å². The van der Waals surface area contributed by atoms with Crippen molar-refractivity contribution in [1.29, 1.82) is 0 Å². The molecule has 1 aliphatic rings. The summed E-state index contributed by atoms with van der Waals surface area (Å²) in [6.45, 7) is 4.04. The number of hydrogen-bond acceptors (Lipinski definition) is 5. The van der Waals surface area contributed by atoms with Crippen LogP contribution in [0.5, 0.6) is 11.5 Å². The van der Waals surface area contributed by atoms with Gasteiger partial charge in [-0.2, -0.15) is 4.31 Å². The number of piperidine rings is 1. The topological polar surface area (TPSA) is 105 Å². The van der Waals surface area contributed by atoms with Crippen molar-refractivity contribution < 1.29 is 22.7 Å². The van der Waals surface area contributed by atoms with Crippen molar-refractivity contribution in [1.82, 2.24) is 9.62 Å². The number of nitrogens with zero attached hydrogens (tertiary/aromatic N) is 1. The van der Waals surface area contributed by atoms with Gasteiger partial charge in [-0.25, -0.2) is 8.42 Å². The van der Waals surface area contributed by atoms with Gasteiger partial charge in [0.15, 0.2) is 0 Å². The quantitative estimate of drug-likeness (QED) is 0.459. The monoisotopic (exact) mass is 521 g/mol. The number of benzene rings is 3. The lowest BCUT2D eigenvalue weighted by Crippen LogP contribution is -2.47. The molecule has 0 saturated carbocycles. The van der Waals surface area contributed by atoms with Crippen molar-refractivity contribution in [2.24, 2.45) is 5.92 Å². The fourth-order valence-corrected chi connectivity index (χ4v) is 5.57. The minimum Gasteiger partial charge on any atom is -0.457 e. The summed E-state index contributed by atoms with van der Waals surface area (Å²) in [6, 6.07) is 22.4. The molecule has 1 atom stereocenters. The van der Waals surface area contributed by atoms with Crippen molar-refractivity contribution in [2.45, 2.75) is 37.6 Å². The number of aryl methyl sites for hydroxylation is 1. The second-order valence-corrected chi connectivity index (χ2v) is 11.1. The van der Waals surface area contributed by atoms with Gasteiger partial charge in [0.1, 0.15) is 17.5 Å². The predicted molar refractivity (Wildman–Crippen MR) is 142 cm³/mol. The first-order valence-electron chi connectivity index (χ1n) is 12.2. The van der Waals surface area contributed by atoms with Crippen LogP contribution >= 0.6 is 0 Å². The van der Waals surface area contributed by atoms with E-state index in [1.807, 2.05) is 37.3 Å². The number of carbonyl (C=O) groups is 2. The van der Waals surface area contributed by atoms with Crippen LogP contribution in [0.15, 0.2) is 83.8 Å². The van der Waals surface area contributed by atoms with Gasteiger partial charge in [0.05, 0.1) is 4.90 Å². The maximum absolute atomic E-state index is 12.9. The molecule has 0 radical (unpaired) electrons. The summed E-state index contributed by atoms with van der Waals surface area (Å²) in [5, 5.41) is 5.55. The Labute approximate surface area is 217 Å². The summed E-state index contributed by atoms with van der Waals surface area (Å²) in [7, 11) is -3.59. The van der Waals surface area contributed by atoms with Gasteiger partial charge in [0.25, 0.3) is 0 Å². The first kappa shape index (κ1) is 26.4. The SMILES string of the molecule is Cc1ccc(S(=O)(=O)N2CCC(C(=O)N[C@@H](C)C(=O)Nc3ccc(Oc4ccccc4)cc3)CC2)cc1. The Bertz CT molecular complexity index is 1320. The molecule has 1 saturated heterocycles. The number of rotatable bonds is 8. The van der Waals surface area contributed by atoms with Crippen LogP contribution in [0.1, 0.15) is 25.3 Å². The van der Waals surface area contributed by atoms with Crippen LogP contribution in [-0.4, -0.2) is 43.7 Å². The largest absolute Gasteiger partial charge is 0.457 e. The van der Waals surface area contributed by atoms with E-state index in [0.717, 1.165) is 5.56 Å². The molecule has 2 N–H and O–H groups in total. The summed E-state index contributed by atoms with van der Waals surface area (Å²) in [5.41, 5.74) is 1.57. The van der Waals surface area contributed by atoms with E-state index in [0.29, 0.717) is 30.0 Å². The number of sulfonamides is 1. The minimum atomic E-state index is -3.59. The van der Waals surface area contributed by atoms with Gasteiger partial charge < -0.3 is 15.4 Å². The summed E-state index contributed by atoms with van der Waals surface area (Å²) in [6.07, 6.45) is 0.794. The third-order valence-electron chi connectivity index (χ3n) is 6.34. The minimum absolute atomic E-state index is 0.248. The highest BCUT2D eigenvalue weighted by Gasteiger charge is 2.32. The number of nitrogens with one attached hydrogen (secondary N) is 2. The van der Waals surface area contributed by atoms with E-state index in [2.05, 4.69) is 10.6 Å². The summed E-state index contributed by atoms with van der Waals surface area (Å²) in [5.74, 6) is 0.413. The highest BCUT2D eigenvalue weighted by atomic mass is 32.2. The van der Waals surface area contributed by atoms with Crippen LogP contribution in [0.4, 0.5) is 5.69 Å². The molecular weight excluding hydrogens is 490 g/mol. The number of ether oxygens (including phenoxy) is 1. The normalized spacial score (nSPS) is 15.5. The van der Waals surface area contributed by atoms with E-state index >= 15 is 0 Å². The highest BCUT2D eigenvalue weighted by molar-refractivity contribution is 7.89. The number of hydrogen-bond donors (Lipinski definition) is 2. The maximum Gasteiger partial charge on any atom is 0.246 e. The molecule has 2 amide bonds. The van der Waals surface area contributed by atoms with Gasteiger partial charge in [0.2, 0.25) is 21.8 Å². The summed E-state index contributed by atoms with van der Waals surface area (Å²) < 4.78 is 33.0. The third-order valence-corrected chi connectivity index (χ3v) is 8.25. The number of anilines is 1. The van der Waals surface area contributed by atoms with Crippen LogP contribution in [0.2, 0.25) is 0 Å². The zero-order valence-corrected chi connectivity index (χ0v) is 21.7. The Morgan fingerprint density at radius 1 is 0.892 bits per heavy atom. The molecule has 3 aromatic rings. The Kier molecular flexibility index (Phi) is 8.25. The van der Waals surface area contributed by atoms with Gasteiger partial charge in [-0.1, -0.05) is 35.9 Å². The van der Waals surface area contributed by atoms with Crippen LogP contribution < -0.4 is 15.4 Å². The molecule has 0 bridgehead atoms. The molecule has 8 nitrogen and oxygen atoms in total. The Morgan fingerprint density at radius 2 is 1.49 bits per heavy atom. The van der Waals surface area contributed by atoms with Crippen molar-refractivity contribution in [3.05, 3.63) is 84.4 Å². The maximum atomic E-state index is 12.9. The van der Waals surface area contributed by atoms with E-state index < -0.39 is 16.1 Å². The molecule has 3 aromatic carbocycles. The van der Waals surface area contributed by atoms with Gasteiger partial charge >= 0.3 is 0 Å². The number of amides is 2. The average molecular weight is 522 g/mol. The predicted octanol–water partition coefficient (Wildman–Crippen LogP) is 4.33. The third kappa shape index (κ3) is 6.75. The van der Waals surface area contributed by atoms with E-state index in [-0.39, 0.29) is 35.7 Å². The molecule has 37 heavy (non-hydrogen) atoms. The van der Waals surface area contributed by atoms with Crippen LogP contribution in [0, 0.1) is 12.8 Å². The van der Waals surface area contributed by atoms with Crippen molar-refractivity contribution in [3.8, 4) is 11.5 Å². The molecule has 9 heteroatoms. The number of para-hydroxylation sites is 1. The fraction of sp³-hybridized carbons (Fsp3) is 0.286. The first-order valence-corrected chi connectivity index (χ1v) is 13.7. The molecular formula is C28H31N3O5S. The van der Waals surface area contributed by atoms with Gasteiger partial charge in [-0.05, 0) is 75.2 Å². The Hall–Kier alpha value is -3.69. The Morgan fingerprint density at radius 3 is 2.11 bits per heavy atom. The first-order chi connectivity index (χ1) is 17.7. The molecule has 194 valence electrons. The summed E-state index contributed by atoms with van der Waals surface area (Å²) >= 11 is 0. The van der Waals surface area contributed by atoms with Crippen LogP contribution in [-0.2, 0) is 19.6 Å². The highest BCUT2D eigenvalue weighted by Crippen LogP contribution is 2.25. The fourth-order valence-electron chi connectivity index (χ4n) is 4.10. The molecule has 4 rings (SSSR count). The molecule has 1 aliphatic heterocycles. The standard InChI is InChI=1S/C28H31N3O5S/c1-20-8-14-26(15-9-20)37(34,35)31-18-16-22(17-19-31)28(33)29-21(2)27(32)30-23-10-12-25(13-11-23)36-24-6-4-3-5-7-24/h3-15,21-22H,16-19H2,1-2H3,(H,29,33)(H,30,32)/t21-/m0/s1. The molecule has 0 aliphatic carbocycles. The van der Waals surface area contributed by atoms with Crippen molar-refractivity contribution in [3.63, 3.8) is 0 Å². The van der Waals surface area contributed by atoms with Crippen LogP contribution in [0.25, 0.3) is 0 Å². The van der Waals surface area contributed by atoms with Gasteiger partial charge in [-0.15, -0.1) is 0 Å². The second-order valence-electron chi connectivity index (χ2n) is 9.15. The number of carbonyl (C=O) groups excluding carboxylic acids is 2. The smallest absolute Gasteiger partial charge is 0.246 e.